The van der Waals surface area contributed by atoms with E-state index in [1.54, 1.807) is 6.07 Å². The summed E-state index contributed by atoms with van der Waals surface area (Å²) in [6.45, 7) is 0. The number of esters is 1. The number of hydrogen-bond acceptors (Lipinski definition) is 4. The molecule has 1 atom stereocenters. The Kier molecular flexibility index (Phi) is 7.81. The first-order valence-corrected chi connectivity index (χ1v) is 9.64. The van der Waals surface area contributed by atoms with Gasteiger partial charge in [-0.15, -0.1) is 11.8 Å². The van der Waals surface area contributed by atoms with Gasteiger partial charge in [0.1, 0.15) is 6.04 Å². The summed E-state index contributed by atoms with van der Waals surface area (Å²) in [5, 5.41) is 3.31. The van der Waals surface area contributed by atoms with Crippen molar-refractivity contribution in [3.8, 4) is 0 Å². The van der Waals surface area contributed by atoms with Crippen LogP contribution in [0.3, 0.4) is 0 Å². The van der Waals surface area contributed by atoms with E-state index in [0.717, 1.165) is 14.9 Å². The first-order chi connectivity index (χ1) is 12.0. The lowest BCUT2D eigenvalue weighted by atomic mass is 10.1. The highest BCUT2D eigenvalue weighted by Crippen LogP contribution is 2.29. The van der Waals surface area contributed by atoms with Gasteiger partial charge in [-0.2, -0.15) is 0 Å². The van der Waals surface area contributed by atoms with Crippen LogP contribution in [0.1, 0.15) is 5.56 Å². The quantitative estimate of drug-likeness (QED) is 0.518. The number of benzene rings is 2. The van der Waals surface area contributed by atoms with E-state index in [0.29, 0.717) is 11.4 Å². The summed E-state index contributed by atoms with van der Waals surface area (Å²) >= 11 is 10.8. The maximum atomic E-state index is 12.2. The topological polar surface area (TPSA) is 55.4 Å². The van der Waals surface area contributed by atoms with Crippen LogP contribution >= 0.6 is 39.3 Å². The number of ether oxygens (including phenoxy) is 1. The zero-order valence-corrected chi connectivity index (χ0v) is 16.7. The fraction of sp³-hybridized carbons (Fsp3) is 0.222. The summed E-state index contributed by atoms with van der Waals surface area (Å²) in [6, 6.07) is 14.2. The number of amides is 1. The molecule has 1 N–H and O–H groups in total. The van der Waals surface area contributed by atoms with Crippen LogP contribution in [0.4, 0.5) is 0 Å². The molecule has 0 saturated heterocycles. The molecule has 0 aliphatic heterocycles. The molecule has 0 aliphatic carbocycles. The molecule has 7 heteroatoms. The van der Waals surface area contributed by atoms with Crippen molar-refractivity contribution in [2.45, 2.75) is 17.4 Å². The third-order valence-electron chi connectivity index (χ3n) is 3.36. The number of thioether (sulfide) groups is 1. The van der Waals surface area contributed by atoms with Gasteiger partial charge in [0.25, 0.3) is 0 Å². The average Bonchev–Trinajstić information content (AvgIpc) is 2.62. The van der Waals surface area contributed by atoms with Crippen LogP contribution in [0.5, 0.6) is 0 Å². The van der Waals surface area contributed by atoms with Gasteiger partial charge in [0, 0.05) is 15.8 Å². The van der Waals surface area contributed by atoms with Crippen molar-refractivity contribution >= 4 is 51.2 Å². The van der Waals surface area contributed by atoms with Crippen molar-refractivity contribution < 1.29 is 14.3 Å². The molecule has 25 heavy (non-hydrogen) atoms. The SMILES string of the molecule is COC(=O)C(Cc1ccccc1)NC(=O)CSc1cc(Br)ccc1Cl. The zero-order valence-electron chi connectivity index (χ0n) is 13.5. The van der Waals surface area contributed by atoms with Gasteiger partial charge in [-0.1, -0.05) is 57.9 Å². The lowest BCUT2D eigenvalue weighted by molar-refractivity contribution is -0.144. The first kappa shape index (κ1) is 19.8. The maximum absolute atomic E-state index is 12.2. The summed E-state index contributed by atoms with van der Waals surface area (Å²) in [4.78, 5) is 25.0. The highest BCUT2D eigenvalue weighted by Gasteiger charge is 2.22. The van der Waals surface area contributed by atoms with E-state index in [4.69, 9.17) is 16.3 Å². The summed E-state index contributed by atoms with van der Waals surface area (Å²) in [6.07, 6.45) is 0.377. The second-order valence-electron chi connectivity index (χ2n) is 5.20. The molecule has 2 rings (SSSR count). The number of carbonyl (C=O) groups is 2. The molecule has 2 aromatic carbocycles. The number of rotatable bonds is 7. The van der Waals surface area contributed by atoms with E-state index in [2.05, 4.69) is 21.2 Å². The molecule has 0 spiro atoms. The van der Waals surface area contributed by atoms with Crippen molar-refractivity contribution in [1.29, 1.82) is 0 Å². The van der Waals surface area contributed by atoms with Crippen molar-refractivity contribution in [3.05, 3.63) is 63.6 Å². The number of nitrogens with one attached hydrogen (secondary N) is 1. The average molecular weight is 443 g/mol. The van der Waals surface area contributed by atoms with Crippen LogP contribution in [0, 0.1) is 0 Å². The van der Waals surface area contributed by atoms with Gasteiger partial charge in [0.2, 0.25) is 5.91 Å². The second-order valence-corrected chi connectivity index (χ2v) is 7.54. The van der Waals surface area contributed by atoms with Gasteiger partial charge in [0.15, 0.2) is 0 Å². The van der Waals surface area contributed by atoms with Crippen LogP contribution in [0.15, 0.2) is 57.9 Å². The molecule has 1 unspecified atom stereocenters. The molecule has 1 amide bonds. The molecule has 4 nitrogen and oxygen atoms in total. The zero-order chi connectivity index (χ0) is 18.2. The lowest BCUT2D eigenvalue weighted by Gasteiger charge is -2.16. The number of halogens is 2. The van der Waals surface area contributed by atoms with Gasteiger partial charge >= 0.3 is 5.97 Å². The van der Waals surface area contributed by atoms with E-state index in [1.807, 2.05) is 42.5 Å². The molecular weight excluding hydrogens is 426 g/mol. The molecule has 132 valence electrons. The number of methoxy groups -OCH3 is 1. The molecular formula is C18H17BrClNO3S. The highest BCUT2D eigenvalue weighted by atomic mass is 79.9. The van der Waals surface area contributed by atoms with E-state index in [1.165, 1.54) is 18.9 Å². The first-order valence-electron chi connectivity index (χ1n) is 7.48. The Hall–Kier alpha value is -1.50. The minimum absolute atomic E-state index is 0.151. The van der Waals surface area contributed by atoms with Crippen LogP contribution in [0.25, 0.3) is 0 Å². The highest BCUT2D eigenvalue weighted by molar-refractivity contribution is 9.10. The Labute approximate surface area is 164 Å². The van der Waals surface area contributed by atoms with Crippen molar-refractivity contribution in [2.75, 3.05) is 12.9 Å². The Morgan fingerprint density at radius 1 is 1.24 bits per heavy atom. The Bertz CT molecular complexity index is 742. The fourth-order valence-corrected chi connectivity index (χ4v) is 3.73. The largest absolute Gasteiger partial charge is 0.467 e. The molecule has 2 aromatic rings. The minimum atomic E-state index is -0.724. The van der Waals surface area contributed by atoms with Crippen LogP contribution in [0.2, 0.25) is 5.02 Å². The standard InChI is InChI=1S/C18H17BrClNO3S/c1-24-18(23)15(9-12-5-3-2-4-6-12)21-17(22)11-25-16-10-13(19)7-8-14(16)20/h2-8,10,15H,9,11H2,1H3,(H,21,22). The van der Waals surface area contributed by atoms with Gasteiger partial charge in [-0.3, -0.25) is 4.79 Å². The van der Waals surface area contributed by atoms with E-state index in [-0.39, 0.29) is 11.7 Å². The second kappa shape index (κ2) is 9.85. The molecule has 0 aliphatic rings. The van der Waals surface area contributed by atoms with Gasteiger partial charge < -0.3 is 10.1 Å². The molecule has 0 heterocycles. The van der Waals surface area contributed by atoms with Crippen LogP contribution in [-0.2, 0) is 20.7 Å². The van der Waals surface area contributed by atoms with Crippen molar-refractivity contribution in [3.63, 3.8) is 0 Å². The van der Waals surface area contributed by atoms with Crippen LogP contribution < -0.4 is 5.32 Å². The summed E-state index contributed by atoms with van der Waals surface area (Å²) < 4.78 is 5.68. The number of hydrogen-bond donors (Lipinski definition) is 1. The summed E-state index contributed by atoms with van der Waals surface area (Å²) in [5.41, 5.74) is 0.945. The van der Waals surface area contributed by atoms with E-state index < -0.39 is 12.0 Å². The molecule has 0 fully saturated rings. The molecule has 0 bridgehead atoms. The van der Waals surface area contributed by atoms with E-state index >= 15 is 0 Å². The smallest absolute Gasteiger partial charge is 0.328 e. The minimum Gasteiger partial charge on any atom is -0.467 e. The number of carbonyl (C=O) groups excluding carboxylic acids is 2. The Balaban J connectivity index is 1.97. The Morgan fingerprint density at radius 2 is 1.96 bits per heavy atom. The molecule has 0 radical (unpaired) electrons. The van der Waals surface area contributed by atoms with Gasteiger partial charge in [-0.25, -0.2) is 4.79 Å². The monoisotopic (exact) mass is 441 g/mol. The summed E-state index contributed by atoms with van der Waals surface area (Å²) in [5.74, 6) is -0.576. The normalized spacial score (nSPS) is 11.6. The summed E-state index contributed by atoms with van der Waals surface area (Å²) in [7, 11) is 1.31. The fourth-order valence-electron chi connectivity index (χ4n) is 2.15. The predicted octanol–water partition coefficient (Wildman–Crippen LogP) is 4.10. The van der Waals surface area contributed by atoms with Gasteiger partial charge in [-0.05, 0) is 23.8 Å². The maximum Gasteiger partial charge on any atom is 0.328 e. The predicted molar refractivity (Wildman–Crippen MR) is 104 cm³/mol. The van der Waals surface area contributed by atoms with Gasteiger partial charge in [0.05, 0.1) is 17.9 Å². The molecule has 0 aromatic heterocycles. The lowest BCUT2D eigenvalue weighted by Crippen LogP contribution is -2.43. The molecule has 0 saturated carbocycles. The third-order valence-corrected chi connectivity index (χ3v) is 5.35. The van der Waals surface area contributed by atoms with E-state index in [9.17, 15) is 9.59 Å². The Morgan fingerprint density at radius 3 is 2.64 bits per heavy atom. The third kappa shape index (κ3) is 6.38. The van der Waals surface area contributed by atoms with Crippen LogP contribution in [-0.4, -0.2) is 30.8 Å². The van der Waals surface area contributed by atoms with Crippen molar-refractivity contribution in [2.24, 2.45) is 0 Å². The van der Waals surface area contributed by atoms with Crippen molar-refractivity contribution in [1.82, 2.24) is 5.32 Å².